The van der Waals surface area contributed by atoms with Crippen molar-refractivity contribution >= 4 is 51.0 Å². The molecule has 0 saturated heterocycles. The molecule has 1 aliphatic carbocycles. The van der Waals surface area contributed by atoms with Gasteiger partial charge in [0.1, 0.15) is 10.7 Å². The van der Waals surface area contributed by atoms with Crippen molar-refractivity contribution in [2.75, 3.05) is 0 Å². The van der Waals surface area contributed by atoms with Crippen molar-refractivity contribution in [1.29, 1.82) is 0 Å². The molecule has 116 valence electrons. The Hall–Kier alpha value is -0.800. The minimum atomic E-state index is -0.404. The lowest BCUT2D eigenvalue weighted by Gasteiger charge is -2.34. The maximum atomic E-state index is 6.21. The molecule has 9 heteroatoms. The molecule has 0 amide bonds. The van der Waals surface area contributed by atoms with Crippen LogP contribution in [0.5, 0.6) is 0 Å². The highest BCUT2D eigenvalue weighted by atomic mass is 79.9. The first-order valence-electron chi connectivity index (χ1n) is 6.47. The van der Waals surface area contributed by atoms with Gasteiger partial charge >= 0.3 is 0 Å². The Morgan fingerprint density at radius 1 is 1.23 bits per heavy atom. The van der Waals surface area contributed by atoms with Crippen molar-refractivity contribution < 1.29 is 4.52 Å². The molecule has 0 atom stereocenters. The number of aromatic nitrogens is 3. The van der Waals surface area contributed by atoms with Crippen LogP contribution in [-0.2, 0) is 5.54 Å². The summed E-state index contributed by atoms with van der Waals surface area (Å²) in [4.78, 5) is 10.1. The highest BCUT2D eigenvalue weighted by molar-refractivity contribution is 9.10. The van der Waals surface area contributed by atoms with Gasteiger partial charge in [-0.05, 0) is 41.3 Å². The monoisotopic (exact) mass is 418 g/mol. The van der Waals surface area contributed by atoms with E-state index < -0.39 is 5.54 Å². The van der Waals surface area contributed by atoms with E-state index >= 15 is 0 Å². The zero-order valence-corrected chi connectivity index (χ0v) is 15.3. The average molecular weight is 420 g/mol. The van der Waals surface area contributed by atoms with Gasteiger partial charge in [-0.1, -0.05) is 5.16 Å². The minimum absolute atomic E-state index is 0. The summed E-state index contributed by atoms with van der Waals surface area (Å²) in [6.07, 6.45) is 2.95. The van der Waals surface area contributed by atoms with Crippen LogP contribution in [0.3, 0.4) is 0 Å². The largest absolute Gasteiger partial charge is 0.332 e. The number of nitrogens with two attached hydrogens (primary N) is 1. The van der Waals surface area contributed by atoms with Gasteiger partial charge in [0, 0.05) is 15.2 Å². The summed E-state index contributed by atoms with van der Waals surface area (Å²) in [5, 5.41) is 8.94. The Balaban J connectivity index is 0.00000144. The standard InChI is InChI=1S/C13H11BrN4OS2.ClH/c14-7-4-9(20-5-7)11-16-8(6-21-11)10-17-12(18-19-10)13(15)2-1-3-13;/h4-6H,1-3,15H2;1H. The fourth-order valence-electron chi connectivity index (χ4n) is 2.22. The smallest absolute Gasteiger partial charge is 0.277 e. The van der Waals surface area contributed by atoms with Gasteiger partial charge in [0.2, 0.25) is 0 Å². The third-order valence-electron chi connectivity index (χ3n) is 3.62. The normalized spacial score (nSPS) is 16.1. The topological polar surface area (TPSA) is 77.8 Å². The van der Waals surface area contributed by atoms with Gasteiger partial charge < -0.3 is 10.3 Å². The summed E-state index contributed by atoms with van der Waals surface area (Å²) in [5.41, 5.74) is 6.51. The Morgan fingerprint density at radius 3 is 2.68 bits per heavy atom. The van der Waals surface area contributed by atoms with Crippen molar-refractivity contribution in [1.82, 2.24) is 15.1 Å². The van der Waals surface area contributed by atoms with Crippen LogP contribution >= 0.6 is 51.0 Å². The number of nitrogens with zero attached hydrogens (tertiary/aromatic N) is 3. The minimum Gasteiger partial charge on any atom is -0.332 e. The molecule has 1 aliphatic rings. The molecule has 0 aromatic carbocycles. The molecule has 3 aromatic heterocycles. The van der Waals surface area contributed by atoms with Gasteiger partial charge in [0.25, 0.3) is 5.89 Å². The van der Waals surface area contributed by atoms with Crippen LogP contribution in [0.25, 0.3) is 21.5 Å². The lowest BCUT2D eigenvalue weighted by molar-refractivity contribution is 0.229. The number of hydrogen-bond donors (Lipinski definition) is 1. The number of thiazole rings is 1. The highest BCUT2D eigenvalue weighted by Crippen LogP contribution is 2.38. The van der Waals surface area contributed by atoms with E-state index in [1.54, 1.807) is 22.7 Å². The molecule has 0 bridgehead atoms. The van der Waals surface area contributed by atoms with Gasteiger partial charge in [0.05, 0.1) is 10.4 Å². The Bertz CT molecular complexity index is 795. The van der Waals surface area contributed by atoms with Crippen molar-refractivity contribution in [2.45, 2.75) is 24.8 Å². The predicted molar refractivity (Wildman–Crippen MR) is 93.4 cm³/mol. The van der Waals surface area contributed by atoms with Gasteiger partial charge in [-0.3, -0.25) is 0 Å². The fourth-order valence-corrected chi connectivity index (χ4v) is 4.52. The molecule has 22 heavy (non-hydrogen) atoms. The van der Waals surface area contributed by atoms with Crippen LogP contribution < -0.4 is 5.73 Å². The summed E-state index contributed by atoms with van der Waals surface area (Å²) < 4.78 is 6.39. The third-order valence-corrected chi connectivity index (χ3v) is 6.32. The molecule has 0 radical (unpaired) electrons. The van der Waals surface area contributed by atoms with Crippen LogP contribution in [0.15, 0.2) is 25.8 Å². The summed E-state index contributed by atoms with van der Waals surface area (Å²) in [7, 11) is 0. The summed E-state index contributed by atoms with van der Waals surface area (Å²) in [6, 6.07) is 2.05. The summed E-state index contributed by atoms with van der Waals surface area (Å²) >= 11 is 6.67. The van der Waals surface area contributed by atoms with Crippen molar-refractivity contribution in [3.8, 4) is 21.5 Å². The number of halogens is 2. The van der Waals surface area contributed by atoms with E-state index in [0.29, 0.717) is 17.4 Å². The first kappa shape index (κ1) is 16.1. The maximum absolute atomic E-state index is 6.21. The summed E-state index contributed by atoms with van der Waals surface area (Å²) in [6.45, 7) is 0. The molecular weight excluding hydrogens is 408 g/mol. The second-order valence-electron chi connectivity index (χ2n) is 5.10. The molecule has 3 aromatic rings. The first-order valence-corrected chi connectivity index (χ1v) is 9.03. The molecule has 3 heterocycles. The molecule has 1 fully saturated rings. The highest BCUT2D eigenvalue weighted by Gasteiger charge is 2.39. The van der Waals surface area contributed by atoms with Gasteiger partial charge in [-0.25, -0.2) is 4.98 Å². The van der Waals surface area contributed by atoms with E-state index in [2.05, 4.69) is 37.1 Å². The molecule has 0 unspecified atom stereocenters. The molecule has 0 spiro atoms. The van der Waals surface area contributed by atoms with Crippen LogP contribution in [0.4, 0.5) is 0 Å². The van der Waals surface area contributed by atoms with Crippen molar-refractivity contribution in [3.05, 3.63) is 27.1 Å². The van der Waals surface area contributed by atoms with Crippen LogP contribution in [-0.4, -0.2) is 15.1 Å². The second kappa shape index (κ2) is 6.01. The predicted octanol–water partition coefficient (Wildman–Crippen LogP) is 4.44. The molecule has 2 N–H and O–H groups in total. The number of thiophene rings is 1. The molecule has 4 rings (SSSR count). The Morgan fingerprint density at radius 2 is 2.05 bits per heavy atom. The molecule has 0 aliphatic heterocycles. The molecule has 1 saturated carbocycles. The van der Waals surface area contributed by atoms with Gasteiger partial charge in [-0.2, -0.15) is 4.98 Å². The van der Waals surface area contributed by atoms with Crippen molar-refractivity contribution in [2.24, 2.45) is 5.73 Å². The fraction of sp³-hybridized carbons (Fsp3) is 0.308. The van der Waals surface area contributed by atoms with E-state index in [1.165, 1.54) is 0 Å². The number of hydrogen-bond acceptors (Lipinski definition) is 7. The third kappa shape index (κ3) is 2.74. The van der Waals surface area contributed by atoms with Gasteiger partial charge in [-0.15, -0.1) is 35.1 Å². The van der Waals surface area contributed by atoms with Crippen LogP contribution in [0.2, 0.25) is 0 Å². The number of rotatable bonds is 3. The Kier molecular flexibility index (Phi) is 4.39. The lowest BCUT2D eigenvalue weighted by Crippen LogP contribution is -2.44. The van der Waals surface area contributed by atoms with E-state index in [-0.39, 0.29) is 12.4 Å². The second-order valence-corrected chi connectivity index (χ2v) is 7.78. The lowest BCUT2D eigenvalue weighted by atomic mass is 9.77. The zero-order valence-electron chi connectivity index (χ0n) is 11.3. The summed E-state index contributed by atoms with van der Waals surface area (Å²) in [5.74, 6) is 1.04. The molecule has 5 nitrogen and oxygen atoms in total. The van der Waals surface area contributed by atoms with E-state index in [9.17, 15) is 0 Å². The average Bonchev–Trinajstić information content (AvgIpc) is 3.14. The Labute approximate surface area is 149 Å². The first-order chi connectivity index (χ1) is 10.1. The zero-order chi connectivity index (χ0) is 14.4. The van der Waals surface area contributed by atoms with Crippen molar-refractivity contribution in [3.63, 3.8) is 0 Å². The SMILES string of the molecule is Cl.NC1(c2noc(-c3csc(-c4cc(Br)cs4)n3)n2)CCC1. The van der Waals surface area contributed by atoms with E-state index in [4.69, 9.17) is 10.3 Å². The molecular formula is C13H12BrClN4OS2. The van der Waals surface area contributed by atoms with E-state index in [0.717, 1.165) is 33.6 Å². The maximum Gasteiger partial charge on any atom is 0.277 e. The van der Waals surface area contributed by atoms with Crippen LogP contribution in [0, 0.1) is 0 Å². The van der Waals surface area contributed by atoms with Gasteiger partial charge in [0.15, 0.2) is 5.82 Å². The quantitative estimate of drug-likeness (QED) is 0.679. The van der Waals surface area contributed by atoms with E-state index in [1.807, 2.05) is 10.8 Å². The van der Waals surface area contributed by atoms with Crippen LogP contribution in [0.1, 0.15) is 25.1 Å².